The second-order valence-corrected chi connectivity index (χ2v) is 11.1. The second kappa shape index (κ2) is 12.9. The fraction of sp³-hybridized carbons (Fsp3) is 0.323. The molecule has 15 heteroatoms. The molecule has 0 amide bonds. The van der Waals surface area contributed by atoms with Crippen molar-refractivity contribution in [2.24, 2.45) is 0 Å². The number of aromatic nitrogens is 3. The van der Waals surface area contributed by atoms with Gasteiger partial charge in [-0.05, 0) is 49.9 Å². The maximum atomic E-state index is 14.3. The zero-order valence-corrected chi connectivity index (χ0v) is 25.7. The molecule has 1 fully saturated rings. The number of carbonyl (C=O) groups is 1. The van der Waals surface area contributed by atoms with Gasteiger partial charge in [-0.3, -0.25) is 9.36 Å². The van der Waals surface area contributed by atoms with Crippen LogP contribution in [0.1, 0.15) is 27.4 Å². The average Bonchev–Trinajstić information content (AvgIpc) is 3.02. The van der Waals surface area contributed by atoms with Crippen LogP contribution in [0.5, 0.6) is 11.6 Å². The Hall–Kier alpha value is -4.87. The van der Waals surface area contributed by atoms with Crippen LogP contribution in [0.2, 0.25) is 5.02 Å². The number of rotatable bonds is 8. The molecule has 240 valence electrons. The topological polar surface area (TPSA) is 134 Å². The molecule has 2 aromatic carbocycles. The summed E-state index contributed by atoms with van der Waals surface area (Å²) in [6.45, 7) is 2.81. The Balaban J connectivity index is 1.53. The Kier molecular flexibility index (Phi) is 9.09. The van der Waals surface area contributed by atoms with E-state index in [1.807, 2.05) is 18.0 Å². The van der Waals surface area contributed by atoms with Crippen molar-refractivity contribution >= 4 is 34.2 Å². The highest BCUT2D eigenvalue weighted by Crippen LogP contribution is 2.41. The van der Waals surface area contributed by atoms with Crippen molar-refractivity contribution in [2.45, 2.75) is 19.6 Å². The molecule has 46 heavy (non-hydrogen) atoms. The highest BCUT2D eigenvalue weighted by atomic mass is 35.5. The monoisotopic (exact) mass is 656 g/mol. The first-order valence-corrected chi connectivity index (χ1v) is 14.4. The van der Waals surface area contributed by atoms with Gasteiger partial charge in [-0.25, -0.2) is 14.8 Å². The smallest absolute Gasteiger partial charge is 0.418 e. The van der Waals surface area contributed by atoms with E-state index in [9.17, 15) is 33.1 Å². The number of fused-ring (bicyclic) bond motifs is 1. The molecule has 1 aliphatic rings. The first kappa shape index (κ1) is 32.5. The molecular weight excluding hydrogens is 629 g/mol. The third-order valence-electron chi connectivity index (χ3n) is 7.70. The summed E-state index contributed by atoms with van der Waals surface area (Å²) in [4.78, 5) is 37.2. The Morgan fingerprint density at radius 2 is 1.85 bits per heavy atom. The third-order valence-corrected chi connectivity index (χ3v) is 7.94. The molecule has 1 saturated heterocycles. The van der Waals surface area contributed by atoms with Crippen LogP contribution in [0.25, 0.3) is 22.0 Å². The van der Waals surface area contributed by atoms with E-state index in [-0.39, 0.29) is 65.8 Å². The molecule has 0 radical (unpaired) electrons. The van der Waals surface area contributed by atoms with Gasteiger partial charge in [0.2, 0.25) is 5.88 Å². The van der Waals surface area contributed by atoms with Gasteiger partial charge < -0.3 is 24.4 Å². The van der Waals surface area contributed by atoms with Crippen molar-refractivity contribution in [3.05, 3.63) is 74.4 Å². The first-order chi connectivity index (χ1) is 21.8. The van der Waals surface area contributed by atoms with Crippen molar-refractivity contribution < 1.29 is 32.5 Å². The Morgan fingerprint density at radius 3 is 2.48 bits per heavy atom. The molecule has 0 saturated carbocycles. The normalized spacial score (nSPS) is 13.9. The number of likely N-dealkylation sites (N-methyl/N-ethyl adjacent to an activating group) is 1. The molecule has 0 atom stereocenters. The van der Waals surface area contributed by atoms with Gasteiger partial charge >= 0.3 is 12.1 Å². The van der Waals surface area contributed by atoms with E-state index in [4.69, 9.17) is 21.1 Å². The lowest BCUT2D eigenvalue weighted by Crippen LogP contribution is -2.45. The van der Waals surface area contributed by atoms with Crippen molar-refractivity contribution in [3.63, 3.8) is 0 Å². The van der Waals surface area contributed by atoms with Crippen LogP contribution in [0.15, 0.2) is 41.2 Å². The number of piperazine rings is 1. The summed E-state index contributed by atoms with van der Waals surface area (Å²) >= 11 is 6.24. The van der Waals surface area contributed by atoms with Gasteiger partial charge in [0.1, 0.15) is 24.3 Å². The number of carboxylic acids is 1. The average molecular weight is 657 g/mol. The van der Waals surface area contributed by atoms with Gasteiger partial charge in [0.25, 0.3) is 5.56 Å². The Morgan fingerprint density at radius 1 is 1.13 bits per heavy atom. The van der Waals surface area contributed by atoms with Crippen LogP contribution in [0.3, 0.4) is 0 Å². The number of anilines is 1. The van der Waals surface area contributed by atoms with E-state index in [1.54, 1.807) is 18.2 Å². The molecule has 4 aromatic rings. The predicted octanol–water partition coefficient (Wildman–Crippen LogP) is 4.85. The summed E-state index contributed by atoms with van der Waals surface area (Å²) in [6, 6.07) is 10.3. The van der Waals surface area contributed by atoms with Crippen LogP contribution < -0.4 is 19.9 Å². The van der Waals surface area contributed by atoms with Gasteiger partial charge in [-0.2, -0.15) is 18.4 Å². The molecule has 3 heterocycles. The SMILES string of the molecule is COc1cc(-c2cc(Cl)ccc2OCCn2c(C)nc3cc(C(F)(F)F)c(N4CCN(C)CC4)c(C#N)c3c2=O)cc(C(=O)O)n1. The highest BCUT2D eigenvalue weighted by Gasteiger charge is 2.38. The molecule has 0 aliphatic carbocycles. The number of benzene rings is 2. The molecule has 0 unspecified atom stereocenters. The molecule has 11 nitrogen and oxygen atoms in total. The largest absolute Gasteiger partial charge is 0.491 e. The van der Waals surface area contributed by atoms with Crippen LogP contribution in [0.4, 0.5) is 18.9 Å². The molecular formula is C31H28ClF3N6O5. The summed E-state index contributed by atoms with van der Waals surface area (Å²) in [6.07, 6.45) is -4.78. The molecule has 0 spiro atoms. The van der Waals surface area contributed by atoms with Gasteiger partial charge in [-0.15, -0.1) is 0 Å². The molecule has 1 N–H and O–H groups in total. The number of aryl methyl sites for hydroxylation is 1. The lowest BCUT2D eigenvalue weighted by molar-refractivity contribution is -0.137. The summed E-state index contributed by atoms with van der Waals surface area (Å²) in [5.41, 5.74) is -2.03. The van der Waals surface area contributed by atoms with Gasteiger partial charge in [0.05, 0.1) is 41.4 Å². The standard InChI is InChI=1S/C31H28ClF3N6O5/c1-17-37-23-15-22(31(33,34)35)28(40-8-6-39(2)7-9-40)21(16-36)27(23)29(42)41(17)10-11-46-25-5-4-19(32)14-20(25)18-12-24(30(43)44)38-26(13-18)45-3/h4-5,12-15H,6-11H2,1-3H3,(H,43,44). The van der Waals surface area contributed by atoms with Crippen LogP contribution in [-0.4, -0.2) is 77.5 Å². The van der Waals surface area contributed by atoms with E-state index >= 15 is 0 Å². The summed E-state index contributed by atoms with van der Waals surface area (Å²) in [5, 5.41) is 19.8. The molecule has 2 aromatic heterocycles. The number of methoxy groups -OCH3 is 1. The number of halogens is 4. The number of hydrogen-bond acceptors (Lipinski definition) is 9. The number of carboxylic acid groups (broad SMARTS) is 1. The first-order valence-electron chi connectivity index (χ1n) is 14.0. The summed E-state index contributed by atoms with van der Waals surface area (Å²) in [5.74, 6) is -0.772. The molecule has 5 rings (SSSR count). The van der Waals surface area contributed by atoms with E-state index in [0.717, 1.165) is 6.07 Å². The van der Waals surface area contributed by atoms with Crippen LogP contribution in [0, 0.1) is 18.3 Å². The number of ether oxygens (including phenoxy) is 2. The number of nitriles is 1. The lowest BCUT2D eigenvalue weighted by atomic mass is 10.00. The van der Waals surface area contributed by atoms with Gasteiger partial charge in [0, 0.05) is 42.8 Å². The number of aromatic carboxylic acids is 1. The quantitative estimate of drug-likeness (QED) is 0.281. The number of nitrogens with zero attached hydrogens (tertiary/aromatic N) is 6. The second-order valence-electron chi connectivity index (χ2n) is 10.6. The zero-order valence-electron chi connectivity index (χ0n) is 25.0. The van der Waals surface area contributed by atoms with E-state index in [2.05, 4.69) is 9.97 Å². The fourth-order valence-corrected chi connectivity index (χ4v) is 5.57. The zero-order chi connectivity index (χ0) is 33.3. The maximum absolute atomic E-state index is 14.3. The summed E-state index contributed by atoms with van der Waals surface area (Å²) < 4.78 is 55.3. The van der Waals surface area contributed by atoms with Gasteiger partial charge in [-0.1, -0.05) is 11.6 Å². The molecule has 0 bridgehead atoms. The maximum Gasteiger partial charge on any atom is 0.418 e. The predicted molar refractivity (Wildman–Crippen MR) is 164 cm³/mol. The minimum atomic E-state index is -4.78. The van der Waals surface area contributed by atoms with Crippen molar-refractivity contribution in [2.75, 3.05) is 51.8 Å². The van der Waals surface area contributed by atoms with Crippen LogP contribution >= 0.6 is 11.6 Å². The van der Waals surface area contributed by atoms with Crippen LogP contribution in [-0.2, 0) is 12.7 Å². The minimum Gasteiger partial charge on any atom is -0.491 e. The minimum absolute atomic E-state index is 0.0585. The number of pyridine rings is 1. The van der Waals surface area contributed by atoms with Crippen molar-refractivity contribution in [1.82, 2.24) is 19.4 Å². The molecule has 1 aliphatic heterocycles. The highest BCUT2D eigenvalue weighted by molar-refractivity contribution is 6.31. The number of hydrogen-bond donors (Lipinski definition) is 1. The number of alkyl halides is 3. The van der Waals surface area contributed by atoms with E-state index in [0.29, 0.717) is 35.0 Å². The van der Waals surface area contributed by atoms with E-state index in [1.165, 1.54) is 35.6 Å². The Bertz CT molecular complexity index is 1930. The van der Waals surface area contributed by atoms with Crippen molar-refractivity contribution in [1.29, 1.82) is 5.26 Å². The Labute approximate surface area is 266 Å². The lowest BCUT2D eigenvalue weighted by Gasteiger charge is -2.36. The third kappa shape index (κ3) is 6.42. The van der Waals surface area contributed by atoms with E-state index < -0.39 is 23.3 Å². The fourth-order valence-electron chi connectivity index (χ4n) is 5.40. The summed E-state index contributed by atoms with van der Waals surface area (Å²) in [7, 11) is 3.20. The van der Waals surface area contributed by atoms with Crippen molar-refractivity contribution in [3.8, 4) is 28.8 Å². The van der Waals surface area contributed by atoms with Gasteiger partial charge in [0.15, 0.2) is 5.69 Å².